The number of nitrogens with one attached hydrogen (secondary N) is 1. The van der Waals surface area contributed by atoms with Gasteiger partial charge in [-0.3, -0.25) is 0 Å². The van der Waals surface area contributed by atoms with E-state index in [0.29, 0.717) is 23.9 Å². The summed E-state index contributed by atoms with van der Waals surface area (Å²) < 4.78 is 5.15. The number of rotatable bonds is 5. The minimum Gasteiger partial charge on any atom is -0.495 e. The van der Waals surface area contributed by atoms with Crippen LogP contribution in [-0.4, -0.2) is 42.7 Å². The molecule has 2 amide bonds. The monoisotopic (exact) mass is 292 g/mol. The number of urea groups is 1. The van der Waals surface area contributed by atoms with Crippen LogP contribution in [0.25, 0.3) is 0 Å². The summed E-state index contributed by atoms with van der Waals surface area (Å²) in [5.41, 5.74) is 0.468. The van der Waals surface area contributed by atoms with Gasteiger partial charge in [-0.05, 0) is 37.0 Å². The number of aromatic carboxylic acids is 1. The van der Waals surface area contributed by atoms with E-state index in [2.05, 4.69) is 5.32 Å². The highest BCUT2D eigenvalue weighted by Gasteiger charge is 2.22. The zero-order valence-electron chi connectivity index (χ0n) is 12.3. The van der Waals surface area contributed by atoms with E-state index in [-0.39, 0.29) is 11.6 Å². The van der Waals surface area contributed by atoms with Gasteiger partial charge in [0.05, 0.1) is 18.4 Å². The standard InChI is InChI=1S/C15H20N2O4/c1-17(9-10-4-3-5-10)15(20)16-12-8-11(14(18)19)6-7-13(12)21-2/h6-8,10H,3-5,9H2,1-2H3,(H,16,20)(H,18,19). The van der Waals surface area contributed by atoms with Crippen molar-refractivity contribution in [3.63, 3.8) is 0 Å². The van der Waals surface area contributed by atoms with E-state index in [4.69, 9.17) is 9.84 Å². The molecule has 0 aromatic heterocycles. The molecule has 0 spiro atoms. The van der Waals surface area contributed by atoms with Gasteiger partial charge in [0.2, 0.25) is 0 Å². The first kappa shape index (κ1) is 15.2. The van der Waals surface area contributed by atoms with Gasteiger partial charge in [-0.25, -0.2) is 9.59 Å². The molecule has 0 radical (unpaired) electrons. The average molecular weight is 292 g/mol. The van der Waals surface area contributed by atoms with Crippen LogP contribution in [0.15, 0.2) is 18.2 Å². The zero-order valence-corrected chi connectivity index (χ0v) is 12.3. The van der Waals surface area contributed by atoms with Crippen LogP contribution in [-0.2, 0) is 0 Å². The molecule has 1 fully saturated rings. The highest BCUT2D eigenvalue weighted by atomic mass is 16.5. The molecule has 0 atom stereocenters. The molecule has 1 aromatic rings. The minimum atomic E-state index is -1.05. The van der Waals surface area contributed by atoms with Crippen LogP contribution in [0.5, 0.6) is 5.75 Å². The van der Waals surface area contributed by atoms with Crippen LogP contribution < -0.4 is 10.1 Å². The summed E-state index contributed by atoms with van der Waals surface area (Å²) in [6.45, 7) is 0.715. The van der Waals surface area contributed by atoms with Crippen molar-refractivity contribution in [2.45, 2.75) is 19.3 Å². The van der Waals surface area contributed by atoms with Crippen molar-refractivity contribution in [3.8, 4) is 5.75 Å². The predicted molar refractivity (Wildman–Crippen MR) is 78.9 cm³/mol. The number of carboxylic acids is 1. The van der Waals surface area contributed by atoms with Crippen molar-refractivity contribution in [1.82, 2.24) is 4.90 Å². The number of nitrogens with zero attached hydrogens (tertiary/aromatic N) is 1. The van der Waals surface area contributed by atoms with Crippen molar-refractivity contribution in [2.75, 3.05) is 26.0 Å². The zero-order chi connectivity index (χ0) is 15.4. The Bertz CT molecular complexity index is 540. The topological polar surface area (TPSA) is 78.9 Å². The number of hydrogen-bond acceptors (Lipinski definition) is 3. The molecule has 2 N–H and O–H groups in total. The number of carbonyl (C=O) groups excluding carboxylic acids is 1. The van der Waals surface area contributed by atoms with Crippen LogP contribution in [0.4, 0.5) is 10.5 Å². The summed E-state index contributed by atoms with van der Waals surface area (Å²) in [5, 5.41) is 11.7. The molecule has 0 saturated heterocycles. The van der Waals surface area contributed by atoms with E-state index >= 15 is 0 Å². The van der Waals surface area contributed by atoms with Crippen LogP contribution in [0.1, 0.15) is 29.6 Å². The number of carbonyl (C=O) groups is 2. The summed E-state index contributed by atoms with van der Waals surface area (Å²) in [4.78, 5) is 24.8. The van der Waals surface area contributed by atoms with Gasteiger partial charge >= 0.3 is 12.0 Å². The lowest BCUT2D eigenvalue weighted by Gasteiger charge is -2.30. The van der Waals surface area contributed by atoms with E-state index < -0.39 is 5.97 Å². The number of amides is 2. The Morgan fingerprint density at radius 3 is 2.67 bits per heavy atom. The molecule has 1 aliphatic carbocycles. The molecule has 2 rings (SSSR count). The van der Waals surface area contributed by atoms with Gasteiger partial charge in [-0.2, -0.15) is 0 Å². The normalized spacial score (nSPS) is 14.2. The Kier molecular flexibility index (Phi) is 4.67. The second-order valence-electron chi connectivity index (χ2n) is 5.33. The van der Waals surface area contributed by atoms with Crippen LogP contribution >= 0.6 is 0 Å². The number of hydrogen-bond donors (Lipinski definition) is 2. The number of carboxylic acid groups (broad SMARTS) is 1. The number of benzene rings is 1. The highest BCUT2D eigenvalue weighted by molar-refractivity contribution is 5.94. The first-order valence-electron chi connectivity index (χ1n) is 6.94. The van der Waals surface area contributed by atoms with Crippen molar-refractivity contribution < 1.29 is 19.4 Å². The van der Waals surface area contributed by atoms with Gasteiger partial charge in [-0.15, -0.1) is 0 Å². The second-order valence-corrected chi connectivity index (χ2v) is 5.33. The highest BCUT2D eigenvalue weighted by Crippen LogP contribution is 2.28. The summed E-state index contributed by atoms with van der Waals surface area (Å²) >= 11 is 0. The Morgan fingerprint density at radius 1 is 1.43 bits per heavy atom. The fourth-order valence-corrected chi connectivity index (χ4v) is 2.29. The van der Waals surface area contributed by atoms with E-state index in [9.17, 15) is 9.59 Å². The molecule has 1 saturated carbocycles. The second kappa shape index (κ2) is 6.47. The van der Waals surface area contributed by atoms with E-state index in [1.165, 1.54) is 31.7 Å². The molecule has 0 bridgehead atoms. The van der Waals surface area contributed by atoms with Crippen molar-refractivity contribution >= 4 is 17.7 Å². The Labute approximate surface area is 123 Å². The van der Waals surface area contributed by atoms with Gasteiger partial charge in [-0.1, -0.05) is 6.42 Å². The van der Waals surface area contributed by atoms with Crippen LogP contribution in [0, 0.1) is 5.92 Å². The molecule has 0 heterocycles. The van der Waals surface area contributed by atoms with Crippen molar-refractivity contribution in [3.05, 3.63) is 23.8 Å². The largest absolute Gasteiger partial charge is 0.495 e. The predicted octanol–water partition coefficient (Wildman–Crippen LogP) is 2.66. The maximum atomic E-state index is 12.1. The molecule has 0 aliphatic heterocycles. The smallest absolute Gasteiger partial charge is 0.335 e. The maximum Gasteiger partial charge on any atom is 0.335 e. The Balaban J connectivity index is 2.07. The van der Waals surface area contributed by atoms with Crippen LogP contribution in [0.2, 0.25) is 0 Å². The summed E-state index contributed by atoms with van der Waals surface area (Å²) in [7, 11) is 3.21. The fraction of sp³-hybridized carbons (Fsp3) is 0.467. The molecule has 6 nitrogen and oxygen atoms in total. The SMILES string of the molecule is COc1ccc(C(=O)O)cc1NC(=O)N(C)CC1CCC1. The van der Waals surface area contributed by atoms with Crippen molar-refractivity contribution in [2.24, 2.45) is 5.92 Å². The first-order chi connectivity index (χ1) is 10.0. The minimum absolute atomic E-state index is 0.104. The number of methoxy groups -OCH3 is 1. The Morgan fingerprint density at radius 2 is 2.14 bits per heavy atom. The number of ether oxygens (including phenoxy) is 1. The third kappa shape index (κ3) is 3.65. The lowest BCUT2D eigenvalue weighted by atomic mass is 9.85. The molecular weight excluding hydrogens is 272 g/mol. The number of anilines is 1. The third-order valence-electron chi connectivity index (χ3n) is 3.79. The molecule has 1 aliphatic rings. The first-order valence-corrected chi connectivity index (χ1v) is 6.94. The molecule has 21 heavy (non-hydrogen) atoms. The lowest BCUT2D eigenvalue weighted by Crippen LogP contribution is -2.37. The lowest BCUT2D eigenvalue weighted by molar-refractivity contribution is 0.0697. The van der Waals surface area contributed by atoms with Gasteiger partial charge in [0.25, 0.3) is 0 Å². The third-order valence-corrected chi connectivity index (χ3v) is 3.79. The van der Waals surface area contributed by atoms with E-state index in [1.54, 1.807) is 11.9 Å². The van der Waals surface area contributed by atoms with Gasteiger partial charge in [0, 0.05) is 13.6 Å². The summed E-state index contributed by atoms with van der Waals surface area (Å²) in [6, 6.07) is 4.11. The van der Waals surface area contributed by atoms with Crippen molar-refractivity contribution in [1.29, 1.82) is 0 Å². The van der Waals surface area contributed by atoms with E-state index in [1.807, 2.05) is 0 Å². The summed E-state index contributed by atoms with van der Waals surface area (Å²) in [6.07, 6.45) is 3.56. The molecule has 1 aromatic carbocycles. The van der Waals surface area contributed by atoms with Gasteiger partial charge in [0.15, 0.2) is 0 Å². The van der Waals surface area contributed by atoms with E-state index in [0.717, 1.165) is 12.8 Å². The van der Waals surface area contributed by atoms with Gasteiger partial charge < -0.3 is 20.1 Å². The quantitative estimate of drug-likeness (QED) is 0.874. The molecule has 114 valence electrons. The Hall–Kier alpha value is -2.24. The maximum absolute atomic E-state index is 12.1. The molecular formula is C15H20N2O4. The fourth-order valence-electron chi connectivity index (χ4n) is 2.29. The molecule has 6 heteroatoms. The summed E-state index contributed by atoms with van der Waals surface area (Å²) in [5.74, 6) is -0.0330. The van der Waals surface area contributed by atoms with Gasteiger partial charge in [0.1, 0.15) is 5.75 Å². The molecule has 0 unspecified atom stereocenters. The van der Waals surface area contributed by atoms with Crippen LogP contribution in [0.3, 0.4) is 0 Å². The average Bonchev–Trinajstić information content (AvgIpc) is 2.42.